The minimum absolute atomic E-state index is 0.128. The molecule has 2 aromatic rings. The van der Waals surface area contributed by atoms with Crippen LogP contribution in [-0.2, 0) is 16.2 Å². The number of benzene rings is 1. The molecule has 1 aliphatic heterocycles. The van der Waals surface area contributed by atoms with Gasteiger partial charge in [-0.1, -0.05) is 26.0 Å². The van der Waals surface area contributed by atoms with Crippen LogP contribution in [-0.4, -0.2) is 57.0 Å². The lowest BCUT2D eigenvalue weighted by Gasteiger charge is -2.27. The number of tetrazole rings is 1. The highest BCUT2D eigenvalue weighted by molar-refractivity contribution is 8.00. The Morgan fingerprint density at radius 3 is 2.77 bits per heavy atom. The Morgan fingerprint density at radius 2 is 2.12 bits per heavy atom. The van der Waals surface area contributed by atoms with Crippen LogP contribution in [0.25, 0.3) is 5.69 Å². The molecule has 7 nitrogen and oxygen atoms in total. The first-order valence-corrected chi connectivity index (χ1v) is 10.1. The van der Waals surface area contributed by atoms with Gasteiger partial charge in [-0.05, 0) is 46.3 Å². The van der Waals surface area contributed by atoms with Gasteiger partial charge in [0.25, 0.3) is 0 Å². The molecule has 140 valence electrons. The fourth-order valence-electron chi connectivity index (χ4n) is 2.94. The first-order valence-electron chi connectivity index (χ1n) is 8.65. The fourth-order valence-corrected chi connectivity index (χ4v) is 4.46. The fraction of sp³-hybridized carbons (Fsp3) is 0.529. The van der Waals surface area contributed by atoms with Crippen LogP contribution in [0.4, 0.5) is 0 Å². The van der Waals surface area contributed by atoms with E-state index in [0.29, 0.717) is 23.9 Å². The van der Waals surface area contributed by atoms with Gasteiger partial charge in [0, 0.05) is 5.75 Å². The van der Waals surface area contributed by atoms with Crippen LogP contribution < -0.4 is 4.90 Å². The third-order valence-corrected chi connectivity index (χ3v) is 6.11. The number of ether oxygens (including phenoxy) is 1. The van der Waals surface area contributed by atoms with Gasteiger partial charge in [-0.25, -0.2) is 0 Å². The van der Waals surface area contributed by atoms with Crippen LogP contribution in [0.5, 0.6) is 0 Å². The summed E-state index contributed by atoms with van der Waals surface area (Å²) in [6.45, 7) is 6.58. The van der Waals surface area contributed by atoms with E-state index >= 15 is 0 Å². The number of hydrogen-bond acceptors (Lipinski definition) is 6. The maximum atomic E-state index is 11.8. The molecule has 0 spiro atoms. The highest BCUT2D eigenvalue weighted by Crippen LogP contribution is 2.16. The van der Waals surface area contributed by atoms with Crippen LogP contribution in [0.1, 0.15) is 25.3 Å². The molecule has 1 unspecified atom stereocenters. The van der Waals surface area contributed by atoms with Gasteiger partial charge in [0.1, 0.15) is 6.54 Å². The predicted molar refractivity (Wildman–Crippen MR) is 103 cm³/mol. The van der Waals surface area contributed by atoms with Gasteiger partial charge in [0.05, 0.1) is 19.3 Å². The minimum Gasteiger partial charge on any atom is -0.468 e. The van der Waals surface area contributed by atoms with Crippen molar-refractivity contribution < 1.29 is 14.4 Å². The minimum atomic E-state index is -0.162. The van der Waals surface area contributed by atoms with E-state index in [1.807, 2.05) is 12.1 Å². The summed E-state index contributed by atoms with van der Waals surface area (Å²) < 4.78 is 8.83. The lowest BCUT2D eigenvalue weighted by atomic mass is 10.0. The molecule has 2 heterocycles. The molecule has 26 heavy (non-hydrogen) atoms. The number of aromatic nitrogens is 4. The molecule has 2 atom stereocenters. The Hall–Kier alpha value is -1.71. The Kier molecular flexibility index (Phi) is 6.10. The SMILES string of the molecule is COC(=O)[C@@H]1C[NH+](Cn2nnn(-c3ccc(C(C)C)cc3)c2=S)CCS1. The van der Waals surface area contributed by atoms with Gasteiger partial charge >= 0.3 is 5.97 Å². The number of hydrogen-bond donors (Lipinski definition) is 1. The second-order valence-electron chi connectivity index (χ2n) is 6.66. The molecule has 0 radical (unpaired) electrons. The number of esters is 1. The van der Waals surface area contributed by atoms with Crippen molar-refractivity contribution in [3.8, 4) is 5.69 Å². The molecule has 1 aromatic carbocycles. The number of nitrogens with one attached hydrogen (secondary N) is 1. The molecule has 3 rings (SSSR count). The normalized spacial score (nSPS) is 20.3. The van der Waals surface area contributed by atoms with Crippen molar-refractivity contribution in [2.24, 2.45) is 0 Å². The maximum absolute atomic E-state index is 11.8. The van der Waals surface area contributed by atoms with E-state index in [4.69, 9.17) is 17.0 Å². The number of rotatable bonds is 5. The number of nitrogens with zero attached hydrogens (tertiary/aromatic N) is 4. The molecular weight excluding hydrogens is 370 g/mol. The quantitative estimate of drug-likeness (QED) is 0.604. The summed E-state index contributed by atoms with van der Waals surface area (Å²) in [5.74, 6) is 1.23. The van der Waals surface area contributed by atoms with Gasteiger partial charge in [0.15, 0.2) is 11.9 Å². The highest BCUT2D eigenvalue weighted by Gasteiger charge is 2.30. The summed E-state index contributed by atoms with van der Waals surface area (Å²) in [7, 11) is 1.43. The van der Waals surface area contributed by atoms with Crippen LogP contribution in [0.2, 0.25) is 0 Å². The van der Waals surface area contributed by atoms with Crippen molar-refractivity contribution in [2.45, 2.75) is 31.7 Å². The van der Waals surface area contributed by atoms with Crippen molar-refractivity contribution >= 4 is 29.9 Å². The van der Waals surface area contributed by atoms with Gasteiger partial charge in [-0.2, -0.15) is 9.36 Å². The summed E-state index contributed by atoms with van der Waals surface area (Å²) in [5, 5.41) is 8.30. The number of carbonyl (C=O) groups is 1. The van der Waals surface area contributed by atoms with Crippen LogP contribution in [0.15, 0.2) is 24.3 Å². The van der Waals surface area contributed by atoms with Crippen molar-refractivity contribution in [1.29, 1.82) is 0 Å². The number of thioether (sulfide) groups is 1. The van der Waals surface area contributed by atoms with E-state index < -0.39 is 0 Å². The third-order valence-electron chi connectivity index (χ3n) is 4.53. The molecule has 0 amide bonds. The van der Waals surface area contributed by atoms with Crippen LogP contribution >= 0.6 is 24.0 Å². The van der Waals surface area contributed by atoms with Gasteiger partial charge in [-0.3, -0.25) is 4.79 Å². The summed E-state index contributed by atoms with van der Waals surface area (Å²) in [6.07, 6.45) is 0. The smallest absolute Gasteiger partial charge is 0.324 e. The standard InChI is InChI=1S/C17H23N5O2S2/c1-12(2)13-4-6-14(7-5-13)22-17(25)21(18-19-22)11-20-8-9-26-15(10-20)16(23)24-3/h4-7,12,15H,8-11H2,1-3H3/p+1/t15-/m0/s1. The Morgan fingerprint density at radius 1 is 1.38 bits per heavy atom. The zero-order valence-electron chi connectivity index (χ0n) is 15.2. The number of quaternary nitrogens is 1. The Labute approximate surface area is 162 Å². The van der Waals surface area contributed by atoms with Crippen LogP contribution in [0.3, 0.4) is 0 Å². The average Bonchev–Trinajstić information content (AvgIpc) is 3.01. The van der Waals surface area contributed by atoms with E-state index in [0.717, 1.165) is 18.0 Å². The molecule has 0 saturated carbocycles. The lowest BCUT2D eigenvalue weighted by Crippen LogP contribution is -3.14. The van der Waals surface area contributed by atoms with Gasteiger partial charge < -0.3 is 9.64 Å². The van der Waals surface area contributed by atoms with E-state index in [1.165, 1.54) is 17.6 Å². The van der Waals surface area contributed by atoms with Crippen molar-refractivity contribution in [2.75, 3.05) is 26.0 Å². The maximum Gasteiger partial charge on any atom is 0.324 e. The van der Waals surface area contributed by atoms with Crippen molar-refractivity contribution in [1.82, 2.24) is 19.8 Å². The van der Waals surface area contributed by atoms with Gasteiger partial charge in [0.2, 0.25) is 4.77 Å². The van der Waals surface area contributed by atoms with Crippen LogP contribution in [0, 0.1) is 4.77 Å². The zero-order valence-corrected chi connectivity index (χ0v) is 16.8. The summed E-state index contributed by atoms with van der Waals surface area (Å²) in [6, 6.07) is 8.22. The monoisotopic (exact) mass is 394 g/mol. The lowest BCUT2D eigenvalue weighted by molar-refractivity contribution is -0.921. The summed E-state index contributed by atoms with van der Waals surface area (Å²) in [5.41, 5.74) is 2.18. The third kappa shape index (κ3) is 4.16. The molecule has 1 aromatic heterocycles. The van der Waals surface area contributed by atoms with E-state index in [9.17, 15) is 4.79 Å². The molecule has 1 saturated heterocycles. The Balaban J connectivity index is 1.73. The molecule has 1 fully saturated rings. The Bertz CT molecular complexity index is 815. The average molecular weight is 395 g/mol. The second-order valence-corrected chi connectivity index (χ2v) is 8.34. The van der Waals surface area contributed by atoms with Crippen molar-refractivity contribution in [3.05, 3.63) is 34.6 Å². The molecule has 0 aliphatic carbocycles. The molecule has 1 N–H and O–H groups in total. The number of methoxy groups -OCH3 is 1. The largest absolute Gasteiger partial charge is 0.468 e. The van der Waals surface area contributed by atoms with Gasteiger partial charge in [-0.15, -0.1) is 11.8 Å². The molecule has 9 heteroatoms. The molecular formula is C17H24N5O2S2+. The topological polar surface area (TPSA) is 66.4 Å². The summed E-state index contributed by atoms with van der Waals surface area (Å²) >= 11 is 7.20. The highest BCUT2D eigenvalue weighted by atomic mass is 32.2. The zero-order chi connectivity index (χ0) is 18.7. The first-order chi connectivity index (χ1) is 12.5. The predicted octanol–water partition coefficient (Wildman–Crippen LogP) is 1.05. The molecule has 0 bridgehead atoms. The van der Waals surface area contributed by atoms with Crippen molar-refractivity contribution in [3.63, 3.8) is 0 Å². The first kappa shape index (κ1) is 19.1. The second kappa shape index (κ2) is 8.32. The summed E-state index contributed by atoms with van der Waals surface area (Å²) in [4.78, 5) is 13.0. The van der Waals surface area contributed by atoms with E-state index in [2.05, 4.69) is 36.4 Å². The number of carbonyl (C=O) groups excluding carboxylic acids is 1. The van der Waals surface area contributed by atoms with E-state index in [-0.39, 0.29) is 11.2 Å². The van der Waals surface area contributed by atoms with E-state index in [1.54, 1.807) is 21.1 Å². The molecule has 1 aliphatic rings.